The van der Waals surface area contributed by atoms with Gasteiger partial charge in [-0.3, -0.25) is 10.1 Å². The number of ether oxygens (including phenoxy) is 2. The van der Waals surface area contributed by atoms with Crippen LogP contribution in [0.3, 0.4) is 0 Å². The largest absolute Gasteiger partial charge is 0.493 e. The van der Waals surface area contributed by atoms with E-state index in [1.165, 1.54) is 25.3 Å². The average molecular weight is 406 g/mol. The number of nitro groups is 1. The van der Waals surface area contributed by atoms with Crippen molar-refractivity contribution in [3.8, 4) is 23.0 Å². The van der Waals surface area contributed by atoms with Gasteiger partial charge in [-0.2, -0.15) is 0 Å². The zero-order valence-electron chi connectivity index (χ0n) is 13.0. The Morgan fingerprint density at radius 1 is 1.16 bits per heavy atom. The smallest absolute Gasteiger partial charge is 0.273 e. The second kappa shape index (κ2) is 7.31. The van der Waals surface area contributed by atoms with Crippen molar-refractivity contribution in [1.29, 1.82) is 0 Å². The lowest BCUT2D eigenvalue weighted by Crippen LogP contribution is -1.99. The van der Waals surface area contributed by atoms with E-state index in [-0.39, 0.29) is 23.9 Å². The summed E-state index contributed by atoms with van der Waals surface area (Å²) in [4.78, 5) is 10.3. The van der Waals surface area contributed by atoms with E-state index in [1.807, 2.05) is 24.3 Å². The van der Waals surface area contributed by atoms with Crippen molar-refractivity contribution in [2.24, 2.45) is 0 Å². The topological polar surface area (TPSA) is 101 Å². The Labute approximate surface area is 150 Å². The number of hydrogen-bond acceptors (Lipinski definition) is 7. The standard InChI is InChI=1S/C16H12BrN3O5/c1-23-14-8-12(20(21)22)6-7-13(14)24-9-15-18-19-16(25-15)10-2-4-11(17)5-3-10/h2-8H,9H2,1H3. The van der Waals surface area contributed by atoms with Gasteiger partial charge in [0.15, 0.2) is 18.1 Å². The number of halogens is 1. The number of nitrogens with zero attached hydrogens (tertiary/aromatic N) is 3. The van der Waals surface area contributed by atoms with Crippen molar-refractivity contribution in [2.45, 2.75) is 6.61 Å². The van der Waals surface area contributed by atoms with Crippen molar-refractivity contribution >= 4 is 21.6 Å². The molecule has 0 bridgehead atoms. The maximum absolute atomic E-state index is 10.8. The fourth-order valence-electron chi connectivity index (χ4n) is 2.05. The van der Waals surface area contributed by atoms with Gasteiger partial charge in [0, 0.05) is 16.1 Å². The van der Waals surface area contributed by atoms with Crippen molar-refractivity contribution in [3.63, 3.8) is 0 Å². The SMILES string of the molecule is COc1cc([N+](=O)[O-])ccc1OCc1nnc(-c2ccc(Br)cc2)o1. The molecule has 8 nitrogen and oxygen atoms in total. The molecule has 0 saturated carbocycles. The normalized spacial score (nSPS) is 10.5. The third-order valence-electron chi connectivity index (χ3n) is 3.27. The summed E-state index contributed by atoms with van der Waals surface area (Å²) < 4.78 is 17.2. The molecule has 128 valence electrons. The van der Waals surface area contributed by atoms with E-state index in [4.69, 9.17) is 13.9 Å². The molecule has 0 amide bonds. The average Bonchev–Trinajstić information content (AvgIpc) is 3.09. The molecule has 0 unspecified atom stereocenters. The number of aromatic nitrogens is 2. The Balaban J connectivity index is 1.72. The number of non-ortho nitro benzene ring substituents is 1. The molecule has 9 heteroatoms. The van der Waals surface area contributed by atoms with E-state index >= 15 is 0 Å². The monoisotopic (exact) mass is 405 g/mol. The number of rotatable bonds is 6. The summed E-state index contributed by atoms with van der Waals surface area (Å²) >= 11 is 3.36. The van der Waals surface area contributed by atoms with E-state index in [1.54, 1.807) is 0 Å². The second-order valence-electron chi connectivity index (χ2n) is 4.89. The molecular weight excluding hydrogens is 394 g/mol. The maximum atomic E-state index is 10.8. The van der Waals surface area contributed by atoms with Crippen LogP contribution in [0.25, 0.3) is 11.5 Å². The first-order valence-corrected chi connectivity index (χ1v) is 7.89. The number of nitro benzene ring substituents is 1. The van der Waals surface area contributed by atoms with E-state index in [9.17, 15) is 10.1 Å². The van der Waals surface area contributed by atoms with E-state index in [2.05, 4.69) is 26.1 Å². The molecule has 0 aliphatic heterocycles. The quantitative estimate of drug-likeness (QED) is 0.451. The molecule has 1 aromatic heterocycles. The van der Waals surface area contributed by atoms with E-state index < -0.39 is 4.92 Å². The van der Waals surface area contributed by atoms with Crippen LogP contribution in [0.1, 0.15) is 5.89 Å². The van der Waals surface area contributed by atoms with Gasteiger partial charge in [0.2, 0.25) is 5.89 Å². The van der Waals surface area contributed by atoms with Crippen LogP contribution < -0.4 is 9.47 Å². The minimum Gasteiger partial charge on any atom is -0.493 e. The molecule has 3 aromatic rings. The van der Waals surface area contributed by atoms with Crippen LogP contribution in [0.4, 0.5) is 5.69 Å². The van der Waals surface area contributed by atoms with Gasteiger partial charge in [0.25, 0.3) is 11.6 Å². The molecule has 0 fully saturated rings. The lowest BCUT2D eigenvalue weighted by Gasteiger charge is -2.08. The Bertz CT molecular complexity index is 895. The third-order valence-corrected chi connectivity index (χ3v) is 3.80. The van der Waals surface area contributed by atoms with Crippen LogP contribution in [-0.2, 0) is 6.61 Å². The molecule has 0 atom stereocenters. The first-order valence-electron chi connectivity index (χ1n) is 7.10. The highest BCUT2D eigenvalue weighted by Gasteiger charge is 2.14. The highest BCUT2D eigenvalue weighted by Crippen LogP contribution is 2.31. The van der Waals surface area contributed by atoms with Crippen LogP contribution >= 0.6 is 15.9 Å². The fourth-order valence-corrected chi connectivity index (χ4v) is 2.31. The van der Waals surface area contributed by atoms with Gasteiger partial charge in [-0.1, -0.05) is 15.9 Å². The molecule has 1 heterocycles. The van der Waals surface area contributed by atoms with Crippen LogP contribution in [-0.4, -0.2) is 22.2 Å². The van der Waals surface area contributed by atoms with Crippen molar-refractivity contribution in [2.75, 3.05) is 7.11 Å². The van der Waals surface area contributed by atoms with Gasteiger partial charge in [-0.15, -0.1) is 10.2 Å². The molecule has 0 aliphatic carbocycles. The first kappa shape index (κ1) is 16.9. The van der Waals surface area contributed by atoms with Gasteiger partial charge in [-0.25, -0.2) is 0 Å². The zero-order chi connectivity index (χ0) is 17.8. The molecule has 25 heavy (non-hydrogen) atoms. The molecule has 0 radical (unpaired) electrons. The summed E-state index contributed by atoms with van der Waals surface area (Å²) in [6.45, 7) is 0.0116. The van der Waals surface area contributed by atoms with Gasteiger partial charge in [-0.05, 0) is 30.3 Å². The van der Waals surface area contributed by atoms with Gasteiger partial charge in [0.05, 0.1) is 18.1 Å². The van der Waals surface area contributed by atoms with E-state index in [0.717, 1.165) is 10.0 Å². The summed E-state index contributed by atoms with van der Waals surface area (Å²) in [6, 6.07) is 11.5. The Kier molecular flexibility index (Phi) is 4.94. The molecule has 0 spiro atoms. The lowest BCUT2D eigenvalue weighted by atomic mass is 10.2. The number of methoxy groups -OCH3 is 1. The van der Waals surface area contributed by atoms with Crippen LogP contribution in [0.15, 0.2) is 51.4 Å². The minimum atomic E-state index is -0.505. The second-order valence-corrected chi connectivity index (χ2v) is 5.80. The minimum absolute atomic E-state index is 0.0116. The van der Waals surface area contributed by atoms with Crippen LogP contribution in [0, 0.1) is 10.1 Å². The van der Waals surface area contributed by atoms with Gasteiger partial charge >= 0.3 is 0 Å². The van der Waals surface area contributed by atoms with Crippen LogP contribution in [0.5, 0.6) is 11.5 Å². The van der Waals surface area contributed by atoms with E-state index in [0.29, 0.717) is 11.6 Å². The Morgan fingerprint density at radius 3 is 2.60 bits per heavy atom. The predicted molar refractivity (Wildman–Crippen MR) is 91.4 cm³/mol. The summed E-state index contributed by atoms with van der Waals surface area (Å²) in [6.07, 6.45) is 0. The summed E-state index contributed by atoms with van der Waals surface area (Å²) in [7, 11) is 1.41. The Morgan fingerprint density at radius 2 is 1.92 bits per heavy atom. The molecule has 3 rings (SSSR count). The molecule has 2 aromatic carbocycles. The fraction of sp³-hybridized carbons (Fsp3) is 0.125. The molecular formula is C16H12BrN3O5. The summed E-state index contributed by atoms with van der Waals surface area (Å²) in [5.74, 6) is 1.25. The zero-order valence-corrected chi connectivity index (χ0v) is 14.6. The molecule has 0 saturated heterocycles. The van der Waals surface area contributed by atoms with Crippen molar-refractivity contribution < 1.29 is 18.8 Å². The number of benzene rings is 2. The lowest BCUT2D eigenvalue weighted by molar-refractivity contribution is -0.385. The summed E-state index contributed by atoms with van der Waals surface area (Å²) in [5.41, 5.74) is 0.703. The third kappa shape index (κ3) is 3.94. The van der Waals surface area contributed by atoms with Crippen LogP contribution in [0.2, 0.25) is 0 Å². The number of hydrogen-bond donors (Lipinski definition) is 0. The van der Waals surface area contributed by atoms with Gasteiger partial charge in [0.1, 0.15) is 0 Å². The van der Waals surface area contributed by atoms with Crippen molar-refractivity contribution in [1.82, 2.24) is 10.2 Å². The molecule has 0 N–H and O–H groups in total. The predicted octanol–water partition coefficient (Wildman–Crippen LogP) is 3.99. The summed E-state index contributed by atoms with van der Waals surface area (Å²) in [5, 5.41) is 18.7. The van der Waals surface area contributed by atoms with Gasteiger partial charge < -0.3 is 13.9 Å². The van der Waals surface area contributed by atoms with Crippen molar-refractivity contribution in [3.05, 3.63) is 62.9 Å². The highest BCUT2D eigenvalue weighted by atomic mass is 79.9. The highest BCUT2D eigenvalue weighted by molar-refractivity contribution is 9.10. The Hall–Kier alpha value is -2.94. The maximum Gasteiger partial charge on any atom is 0.273 e. The first-order chi connectivity index (χ1) is 12.1. The molecule has 0 aliphatic rings.